The molecule has 3 heterocycles. The van der Waals surface area contributed by atoms with Gasteiger partial charge in [-0.25, -0.2) is 0 Å². The van der Waals surface area contributed by atoms with Gasteiger partial charge in [0.15, 0.2) is 0 Å². The monoisotopic (exact) mass is 417 g/mol. The highest BCUT2D eigenvalue weighted by Gasteiger charge is 2.15. The molecule has 2 aromatic carbocycles. The third kappa shape index (κ3) is 3.62. The van der Waals surface area contributed by atoms with Crippen LogP contribution in [-0.2, 0) is 5.75 Å². The molecule has 0 aliphatic rings. The quantitative estimate of drug-likeness (QED) is 0.366. The van der Waals surface area contributed by atoms with Gasteiger partial charge >= 0.3 is 0 Å². The number of hydrogen-bond donors (Lipinski definition) is 0. The van der Waals surface area contributed by atoms with Crippen molar-refractivity contribution >= 4 is 22.5 Å². The van der Waals surface area contributed by atoms with E-state index in [2.05, 4.69) is 25.3 Å². The van der Waals surface area contributed by atoms with Gasteiger partial charge in [-0.15, -0.1) is 10.2 Å². The van der Waals surface area contributed by atoms with Crippen LogP contribution < -0.4 is 4.74 Å². The van der Waals surface area contributed by atoms with Gasteiger partial charge in [-0.3, -0.25) is 4.98 Å². The molecule has 8 nitrogen and oxygen atoms in total. The molecule has 148 valence electrons. The second-order valence-corrected chi connectivity index (χ2v) is 7.21. The predicted octanol–water partition coefficient (Wildman–Crippen LogP) is 4.64. The standard InChI is InChI=1S/C21H15N5O3S/c1-27-15-8-6-14(7-9-15)19-23-17(29-26-19)12-30-21-25-24-20(28-21)18-16-5-3-2-4-13(16)10-11-22-18/h2-11H,12H2,1H3. The largest absolute Gasteiger partial charge is 0.497 e. The first-order valence-corrected chi connectivity index (χ1v) is 10.1. The lowest BCUT2D eigenvalue weighted by molar-refractivity contribution is 0.390. The van der Waals surface area contributed by atoms with Crippen LogP contribution in [0.1, 0.15) is 5.89 Å². The van der Waals surface area contributed by atoms with Gasteiger partial charge in [0.1, 0.15) is 11.4 Å². The Morgan fingerprint density at radius 3 is 2.73 bits per heavy atom. The van der Waals surface area contributed by atoms with Crippen LogP contribution in [-0.4, -0.2) is 32.4 Å². The number of ether oxygens (including phenoxy) is 1. The Balaban J connectivity index is 1.30. The van der Waals surface area contributed by atoms with E-state index in [0.717, 1.165) is 22.1 Å². The second-order valence-electron chi connectivity index (χ2n) is 6.28. The van der Waals surface area contributed by atoms with E-state index in [-0.39, 0.29) is 0 Å². The maximum absolute atomic E-state index is 5.79. The molecule has 0 N–H and O–H groups in total. The van der Waals surface area contributed by atoms with Crippen molar-refractivity contribution in [2.75, 3.05) is 7.11 Å². The summed E-state index contributed by atoms with van der Waals surface area (Å²) in [4.78, 5) is 8.82. The molecule has 0 amide bonds. The molecule has 0 atom stereocenters. The van der Waals surface area contributed by atoms with Crippen LogP contribution in [0.25, 0.3) is 33.7 Å². The molecule has 9 heteroatoms. The summed E-state index contributed by atoms with van der Waals surface area (Å²) in [5, 5.41) is 14.7. The average Bonchev–Trinajstić information content (AvgIpc) is 3.47. The van der Waals surface area contributed by atoms with Gasteiger partial charge in [0.05, 0.1) is 12.9 Å². The van der Waals surface area contributed by atoms with E-state index in [9.17, 15) is 0 Å². The molecule has 0 saturated carbocycles. The third-order valence-electron chi connectivity index (χ3n) is 4.42. The van der Waals surface area contributed by atoms with Crippen LogP contribution >= 0.6 is 11.8 Å². The summed E-state index contributed by atoms with van der Waals surface area (Å²) in [6, 6.07) is 17.3. The number of fused-ring (bicyclic) bond motifs is 1. The summed E-state index contributed by atoms with van der Waals surface area (Å²) in [7, 11) is 1.62. The lowest BCUT2D eigenvalue weighted by atomic mass is 10.1. The first-order valence-electron chi connectivity index (χ1n) is 9.07. The molecule has 0 saturated heterocycles. The number of thioether (sulfide) groups is 1. The van der Waals surface area contributed by atoms with Crippen molar-refractivity contribution in [3.63, 3.8) is 0 Å². The number of rotatable bonds is 6. The number of hydrogen-bond acceptors (Lipinski definition) is 9. The fraction of sp³-hybridized carbons (Fsp3) is 0.0952. The summed E-state index contributed by atoms with van der Waals surface area (Å²) in [6.45, 7) is 0. The number of nitrogens with zero attached hydrogens (tertiary/aromatic N) is 5. The van der Waals surface area contributed by atoms with Crippen LogP contribution in [0.4, 0.5) is 0 Å². The first kappa shape index (κ1) is 18.3. The Bertz CT molecular complexity index is 1290. The molecule has 0 bridgehead atoms. The zero-order valence-corrected chi connectivity index (χ0v) is 16.7. The minimum Gasteiger partial charge on any atom is -0.497 e. The SMILES string of the molecule is COc1ccc(-c2noc(CSc3nnc(-c4nccc5ccccc45)o3)n2)cc1. The molecule has 30 heavy (non-hydrogen) atoms. The van der Waals surface area contributed by atoms with Crippen LogP contribution in [0, 0.1) is 0 Å². The summed E-state index contributed by atoms with van der Waals surface area (Å²) >= 11 is 1.32. The maximum Gasteiger partial charge on any atom is 0.277 e. The zero-order valence-electron chi connectivity index (χ0n) is 15.8. The number of methoxy groups -OCH3 is 1. The normalized spacial score (nSPS) is 11.1. The zero-order chi connectivity index (χ0) is 20.3. The molecule has 5 aromatic rings. The van der Waals surface area contributed by atoms with Gasteiger partial charge in [-0.05, 0) is 35.7 Å². The maximum atomic E-state index is 5.79. The van der Waals surface area contributed by atoms with Gasteiger partial charge in [0, 0.05) is 17.1 Å². The predicted molar refractivity (Wildman–Crippen MR) is 111 cm³/mol. The second kappa shape index (κ2) is 7.96. The fourth-order valence-corrected chi connectivity index (χ4v) is 3.55. The van der Waals surface area contributed by atoms with Gasteiger partial charge in [0.25, 0.3) is 11.1 Å². The lowest BCUT2D eigenvalue weighted by Gasteiger charge is -2.00. The molecule has 0 spiro atoms. The Labute approximate surface area is 175 Å². The molecule has 0 fully saturated rings. The van der Waals surface area contributed by atoms with Gasteiger partial charge < -0.3 is 13.7 Å². The summed E-state index contributed by atoms with van der Waals surface area (Å²) in [5.74, 6) is 2.53. The molecule has 0 radical (unpaired) electrons. The Hall–Kier alpha value is -3.72. The van der Waals surface area contributed by atoms with E-state index >= 15 is 0 Å². The molecule has 3 aromatic heterocycles. The van der Waals surface area contributed by atoms with E-state index in [4.69, 9.17) is 13.7 Å². The molecule has 0 aliphatic carbocycles. The molecular weight excluding hydrogens is 402 g/mol. The van der Waals surface area contributed by atoms with Crippen molar-refractivity contribution in [3.05, 3.63) is 66.7 Å². The number of pyridine rings is 1. The molecular formula is C21H15N5O3S. The first-order chi connectivity index (χ1) is 14.8. The molecule has 5 rings (SSSR count). The topological polar surface area (TPSA) is 100.0 Å². The van der Waals surface area contributed by atoms with E-state index in [1.165, 1.54) is 11.8 Å². The Morgan fingerprint density at radius 2 is 1.87 bits per heavy atom. The van der Waals surface area contributed by atoms with Crippen molar-refractivity contribution in [2.24, 2.45) is 0 Å². The van der Waals surface area contributed by atoms with Crippen molar-refractivity contribution in [1.82, 2.24) is 25.3 Å². The van der Waals surface area contributed by atoms with E-state index in [1.807, 2.05) is 54.6 Å². The van der Waals surface area contributed by atoms with Gasteiger partial charge in [-0.1, -0.05) is 41.2 Å². The van der Waals surface area contributed by atoms with Crippen molar-refractivity contribution < 1.29 is 13.7 Å². The fourth-order valence-electron chi connectivity index (χ4n) is 2.95. The average molecular weight is 417 g/mol. The van der Waals surface area contributed by atoms with E-state index in [0.29, 0.717) is 34.3 Å². The highest BCUT2D eigenvalue weighted by atomic mass is 32.2. The summed E-state index contributed by atoms with van der Waals surface area (Å²) in [6.07, 6.45) is 1.73. The van der Waals surface area contributed by atoms with Crippen LogP contribution in [0.5, 0.6) is 5.75 Å². The van der Waals surface area contributed by atoms with Crippen LogP contribution in [0.3, 0.4) is 0 Å². The van der Waals surface area contributed by atoms with Crippen molar-refractivity contribution in [2.45, 2.75) is 11.0 Å². The Morgan fingerprint density at radius 1 is 1.00 bits per heavy atom. The summed E-state index contributed by atoms with van der Waals surface area (Å²) < 4.78 is 16.3. The minimum absolute atomic E-state index is 0.374. The molecule has 0 aliphatic heterocycles. The minimum atomic E-state index is 0.374. The van der Waals surface area contributed by atoms with Crippen LogP contribution in [0.15, 0.2) is 75.0 Å². The van der Waals surface area contributed by atoms with E-state index in [1.54, 1.807) is 13.3 Å². The summed E-state index contributed by atoms with van der Waals surface area (Å²) in [5.41, 5.74) is 1.50. The highest BCUT2D eigenvalue weighted by Crippen LogP contribution is 2.29. The third-order valence-corrected chi connectivity index (χ3v) is 5.22. The van der Waals surface area contributed by atoms with Crippen molar-refractivity contribution in [1.29, 1.82) is 0 Å². The Kier molecular flexibility index (Phi) is 4.86. The van der Waals surface area contributed by atoms with Gasteiger partial charge in [-0.2, -0.15) is 4.98 Å². The van der Waals surface area contributed by atoms with E-state index < -0.39 is 0 Å². The van der Waals surface area contributed by atoms with Crippen molar-refractivity contribution in [3.8, 4) is 28.7 Å². The van der Waals surface area contributed by atoms with Gasteiger partial charge in [0.2, 0.25) is 11.7 Å². The smallest absolute Gasteiger partial charge is 0.277 e. The van der Waals surface area contributed by atoms with Crippen LogP contribution in [0.2, 0.25) is 0 Å². The lowest BCUT2D eigenvalue weighted by Crippen LogP contribution is -1.85. The number of aromatic nitrogens is 5. The number of benzene rings is 2. The molecule has 0 unspecified atom stereocenters. The highest BCUT2D eigenvalue weighted by molar-refractivity contribution is 7.98.